The van der Waals surface area contributed by atoms with Crippen LogP contribution in [0, 0.1) is 6.92 Å². The molecule has 0 spiro atoms. The Labute approximate surface area is 194 Å². The molecule has 168 valence electrons. The van der Waals surface area contributed by atoms with Crippen LogP contribution >= 0.6 is 15.9 Å². The Balaban J connectivity index is 2.16. The van der Waals surface area contributed by atoms with Gasteiger partial charge in [-0.1, -0.05) is 56.7 Å². The number of carbonyl (C=O) groups is 2. The first-order valence-electron chi connectivity index (χ1n) is 10.8. The van der Waals surface area contributed by atoms with Crippen LogP contribution in [0.5, 0.6) is 5.75 Å². The SMILES string of the molecule is CCCNC(=O)C(C)N(Cc1cccc(C)c1)C(=O)COc1ccc(C(C)C)cc1Br. The average Bonchev–Trinajstić information content (AvgIpc) is 2.74. The number of hydrogen-bond donors (Lipinski definition) is 1. The summed E-state index contributed by atoms with van der Waals surface area (Å²) in [6, 6.07) is 13.2. The molecular formula is C25H33BrN2O3. The molecule has 0 fully saturated rings. The monoisotopic (exact) mass is 488 g/mol. The molecule has 0 aliphatic heterocycles. The summed E-state index contributed by atoms with van der Waals surface area (Å²) >= 11 is 3.53. The zero-order chi connectivity index (χ0) is 23.0. The summed E-state index contributed by atoms with van der Waals surface area (Å²) in [5.74, 6) is 0.612. The molecule has 0 saturated heterocycles. The number of halogens is 1. The van der Waals surface area contributed by atoms with Crippen LogP contribution in [0.4, 0.5) is 0 Å². The Morgan fingerprint density at radius 3 is 2.48 bits per heavy atom. The first-order chi connectivity index (χ1) is 14.7. The van der Waals surface area contributed by atoms with E-state index >= 15 is 0 Å². The highest BCUT2D eigenvalue weighted by atomic mass is 79.9. The molecule has 0 heterocycles. The Kier molecular flexibility index (Phi) is 9.56. The summed E-state index contributed by atoms with van der Waals surface area (Å²) in [5, 5.41) is 2.88. The molecule has 2 rings (SSSR count). The van der Waals surface area contributed by atoms with E-state index in [9.17, 15) is 9.59 Å². The second-order valence-electron chi connectivity index (χ2n) is 8.11. The van der Waals surface area contributed by atoms with Crippen LogP contribution in [0.3, 0.4) is 0 Å². The maximum Gasteiger partial charge on any atom is 0.261 e. The number of benzene rings is 2. The fourth-order valence-electron chi connectivity index (χ4n) is 3.20. The summed E-state index contributed by atoms with van der Waals surface area (Å²) in [6.45, 7) is 10.8. The third-order valence-electron chi connectivity index (χ3n) is 5.13. The number of nitrogens with zero attached hydrogens (tertiary/aromatic N) is 1. The molecule has 1 unspecified atom stereocenters. The van der Waals surface area contributed by atoms with Crippen molar-refractivity contribution < 1.29 is 14.3 Å². The van der Waals surface area contributed by atoms with Crippen molar-refractivity contribution in [3.63, 3.8) is 0 Å². The number of hydrogen-bond acceptors (Lipinski definition) is 3. The molecule has 2 amide bonds. The van der Waals surface area contributed by atoms with Gasteiger partial charge in [-0.05, 0) is 65.4 Å². The van der Waals surface area contributed by atoms with E-state index in [0.717, 1.165) is 22.0 Å². The first-order valence-corrected chi connectivity index (χ1v) is 11.6. The molecule has 0 saturated carbocycles. The number of rotatable bonds is 10. The molecule has 0 radical (unpaired) electrons. The summed E-state index contributed by atoms with van der Waals surface area (Å²) in [5.41, 5.74) is 3.28. The molecule has 2 aromatic carbocycles. The smallest absolute Gasteiger partial charge is 0.261 e. The molecule has 0 aliphatic carbocycles. The summed E-state index contributed by atoms with van der Waals surface area (Å²) in [7, 11) is 0. The van der Waals surface area contributed by atoms with Crippen LogP contribution in [-0.4, -0.2) is 35.9 Å². The van der Waals surface area contributed by atoms with E-state index in [0.29, 0.717) is 24.8 Å². The van der Waals surface area contributed by atoms with Crippen LogP contribution in [0.15, 0.2) is 46.9 Å². The van der Waals surface area contributed by atoms with Gasteiger partial charge in [0.1, 0.15) is 11.8 Å². The lowest BCUT2D eigenvalue weighted by Crippen LogP contribution is -2.49. The highest BCUT2D eigenvalue weighted by molar-refractivity contribution is 9.10. The van der Waals surface area contributed by atoms with Gasteiger partial charge in [0.25, 0.3) is 5.91 Å². The topological polar surface area (TPSA) is 58.6 Å². The van der Waals surface area contributed by atoms with Gasteiger partial charge in [-0.25, -0.2) is 0 Å². The van der Waals surface area contributed by atoms with E-state index in [-0.39, 0.29) is 18.4 Å². The van der Waals surface area contributed by atoms with Crippen LogP contribution in [-0.2, 0) is 16.1 Å². The summed E-state index contributed by atoms with van der Waals surface area (Å²) in [6.07, 6.45) is 0.841. The average molecular weight is 489 g/mol. The number of nitrogens with one attached hydrogen (secondary N) is 1. The van der Waals surface area contributed by atoms with Gasteiger partial charge in [0.2, 0.25) is 5.91 Å². The molecule has 2 aromatic rings. The Morgan fingerprint density at radius 1 is 1.13 bits per heavy atom. The number of aryl methyl sites for hydroxylation is 1. The maximum atomic E-state index is 13.1. The van der Waals surface area contributed by atoms with Crippen LogP contribution < -0.4 is 10.1 Å². The van der Waals surface area contributed by atoms with Gasteiger partial charge in [0.05, 0.1) is 4.47 Å². The van der Waals surface area contributed by atoms with Gasteiger partial charge < -0.3 is 15.0 Å². The molecule has 6 heteroatoms. The predicted molar refractivity (Wildman–Crippen MR) is 128 cm³/mol. The minimum Gasteiger partial charge on any atom is -0.483 e. The van der Waals surface area contributed by atoms with Crippen LogP contribution in [0.25, 0.3) is 0 Å². The maximum absolute atomic E-state index is 13.1. The van der Waals surface area contributed by atoms with Crippen molar-refractivity contribution in [2.75, 3.05) is 13.2 Å². The minimum absolute atomic E-state index is 0.142. The molecule has 0 aliphatic rings. The van der Waals surface area contributed by atoms with Gasteiger partial charge in [-0.15, -0.1) is 0 Å². The second-order valence-corrected chi connectivity index (χ2v) is 8.97. The minimum atomic E-state index is -0.602. The van der Waals surface area contributed by atoms with E-state index in [1.165, 1.54) is 5.56 Å². The molecule has 0 aromatic heterocycles. The van der Waals surface area contributed by atoms with Crippen LogP contribution in [0.1, 0.15) is 56.7 Å². The normalized spacial score (nSPS) is 11.8. The van der Waals surface area contributed by atoms with E-state index in [1.807, 2.05) is 56.3 Å². The lowest BCUT2D eigenvalue weighted by molar-refractivity contribution is -0.142. The zero-order valence-electron chi connectivity index (χ0n) is 19.1. The van der Waals surface area contributed by atoms with E-state index < -0.39 is 6.04 Å². The van der Waals surface area contributed by atoms with E-state index in [1.54, 1.807) is 11.8 Å². The third kappa shape index (κ3) is 7.39. The predicted octanol–water partition coefficient (Wildman–Crippen LogP) is 5.20. The lowest BCUT2D eigenvalue weighted by Gasteiger charge is -2.29. The van der Waals surface area contributed by atoms with Crippen molar-refractivity contribution in [2.24, 2.45) is 0 Å². The molecule has 5 nitrogen and oxygen atoms in total. The molecule has 1 N–H and O–H groups in total. The number of ether oxygens (including phenoxy) is 1. The number of carbonyl (C=O) groups excluding carboxylic acids is 2. The standard InChI is InChI=1S/C25H33BrN2O3/c1-6-12-27-25(30)19(5)28(15-20-9-7-8-18(4)13-20)24(29)16-31-23-11-10-21(17(2)3)14-22(23)26/h7-11,13-14,17,19H,6,12,15-16H2,1-5H3,(H,27,30). The van der Waals surface area contributed by atoms with Gasteiger partial charge in [-0.3, -0.25) is 9.59 Å². The van der Waals surface area contributed by atoms with Crippen molar-refractivity contribution in [1.82, 2.24) is 10.2 Å². The van der Waals surface area contributed by atoms with Gasteiger partial charge in [0.15, 0.2) is 6.61 Å². The Morgan fingerprint density at radius 2 is 1.87 bits per heavy atom. The van der Waals surface area contributed by atoms with Crippen molar-refractivity contribution in [3.05, 3.63) is 63.6 Å². The second kappa shape index (κ2) is 11.9. The van der Waals surface area contributed by atoms with E-state index in [4.69, 9.17) is 4.74 Å². The van der Waals surface area contributed by atoms with Gasteiger partial charge in [0, 0.05) is 13.1 Å². The largest absolute Gasteiger partial charge is 0.483 e. The van der Waals surface area contributed by atoms with Crippen molar-refractivity contribution in [2.45, 2.75) is 59.5 Å². The fraction of sp³-hybridized carbons (Fsp3) is 0.440. The number of amides is 2. The quantitative estimate of drug-likeness (QED) is 0.499. The van der Waals surface area contributed by atoms with E-state index in [2.05, 4.69) is 35.1 Å². The zero-order valence-corrected chi connectivity index (χ0v) is 20.7. The fourth-order valence-corrected chi connectivity index (χ4v) is 3.71. The van der Waals surface area contributed by atoms with Crippen molar-refractivity contribution in [1.29, 1.82) is 0 Å². The third-order valence-corrected chi connectivity index (χ3v) is 5.75. The molecule has 0 bridgehead atoms. The van der Waals surface area contributed by atoms with Gasteiger partial charge in [-0.2, -0.15) is 0 Å². The van der Waals surface area contributed by atoms with Crippen molar-refractivity contribution in [3.8, 4) is 5.75 Å². The van der Waals surface area contributed by atoms with Gasteiger partial charge >= 0.3 is 0 Å². The lowest BCUT2D eigenvalue weighted by atomic mass is 10.0. The highest BCUT2D eigenvalue weighted by Gasteiger charge is 2.26. The Bertz CT molecular complexity index is 898. The summed E-state index contributed by atoms with van der Waals surface area (Å²) < 4.78 is 6.63. The van der Waals surface area contributed by atoms with Crippen molar-refractivity contribution >= 4 is 27.7 Å². The molecular weight excluding hydrogens is 456 g/mol. The first kappa shape index (κ1) is 24.9. The summed E-state index contributed by atoms with van der Waals surface area (Å²) in [4.78, 5) is 27.3. The Hall–Kier alpha value is -2.34. The molecule has 31 heavy (non-hydrogen) atoms. The molecule has 1 atom stereocenters. The van der Waals surface area contributed by atoms with Crippen LogP contribution in [0.2, 0.25) is 0 Å². The highest BCUT2D eigenvalue weighted by Crippen LogP contribution is 2.29.